The highest BCUT2D eigenvalue weighted by atomic mass is 16.3. The van der Waals surface area contributed by atoms with Crippen molar-refractivity contribution in [3.63, 3.8) is 0 Å². The zero-order valence-electron chi connectivity index (χ0n) is 3.75. The monoisotopic (exact) mass is 100 g/mol. The summed E-state index contributed by atoms with van der Waals surface area (Å²) >= 11 is 0. The van der Waals surface area contributed by atoms with Crippen molar-refractivity contribution in [3.05, 3.63) is 5.53 Å². The van der Waals surface area contributed by atoms with Gasteiger partial charge in [0.25, 0.3) is 5.78 Å². The minimum Gasteiger partial charge on any atom is -0.445 e. The molecule has 0 fully saturated rings. The van der Waals surface area contributed by atoms with Crippen LogP contribution in [0.2, 0.25) is 0 Å². The first-order valence-corrected chi connectivity index (χ1v) is 1.60. The maximum Gasteiger partial charge on any atom is 0.516 e. The van der Waals surface area contributed by atoms with E-state index in [1.807, 2.05) is 0 Å². The second-order valence-electron chi connectivity index (χ2n) is 0.980. The van der Waals surface area contributed by atoms with Crippen LogP contribution in [0.3, 0.4) is 0 Å². The summed E-state index contributed by atoms with van der Waals surface area (Å²) in [4.78, 5) is 12.0. The summed E-state index contributed by atoms with van der Waals surface area (Å²) in [6, 6.07) is 0. The Balaban J connectivity index is 4.10. The third-order valence-electron chi connectivity index (χ3n) is 0.410. The fraction of sp³-hybridized carbons (Fsp3) is 0.333. The number of hydrogen-bond acceptors (Lipinski definition) is 1. The SMILES string of the molecule is CC(=O)C(O)=[N+]=[N-]. The van der Waals surface area contributed by atoms with E-state index < -0.39 is 11.7 Å². The van der Waals surface area contributed by atoms with Crippen molar-refractivity contribution in [2.24, 2.45) is 0 Å². The Labute approximate surface area is 40.0 Å². The summed E-state index contributed by atoms with van der Waals surface area (Å²) in [6.45, 7) is 1.09. The highest BCUT2D eigenvalue weighted by molar-refractivity contribution is 6.31. The molecule has 0 radical (unpaired) electrons. The van der Waals surface area contributed by atoms with Crippen LogP contribution in [-0.4, -0.2) is 21.6 Å². The van der Waals surface area contributed by atoms with Crippen LogP contribution >= 0.6 is 0 Å². The zero-order chi connectivity index (χ0) is 5.86. The van der Waals surface area contributed by atoms with E-state index in [9.17, 15) is 4.79 Å². The lowest BCUT2D eigenvalue weighted by atomic mass is 10.5. The zero-order valence-corrected chi connectivity index (χ0v) is 3.75. The summed E-state index contributed by atoms with van der Waals surface area (Å²) < 4.78 is 0. The number of hydrogen-bond donors (Lipinski definition) is 1. The molecule has 0 rings (SSSR count). The molecule has 0 aliphatic rings. The van der Waals surface area contributed by atoms with E-state index >= 15 is 0 Å². The van der Waals surface area contributed by atoms with Crippen LogP contribution in [0.1, 0.15) is 6.92 Å². The second-order valence-corrected chi connectivity index (χ2v) is 0.980. The molecule has 0 saturated carbocycles. The van der Waals surface area contributed by atoms with Gasteiger partial charge in [0.15, 0.2) is 0 Å². The number of carbonyl (C=O) groups is 1. The Bertz CT molecular complexity index is 134. The molecule has 0 bridgehead atoms. The van der Waals surface area contributed by atoms with Crippen molar-refractivity contribution in [2.45, 2.75) is 6.92 Å². The Kier molecular flexibility index (Phi) is 1.76. The van der Waals surface area contributed by atoms with Gasteiger partial charge in [-0.1, -0.05) is 0 Å². The van der Waals surface area contributed by atoms with Gasteiger partial charge < -0.3 is 10.6 Å². The highest BCUT2D eigenvalue weighted by Crippen LogP contribution is 1.62. The average molecular weight is 100 g/mol. The third kappa shape index (κ3) is 1.67. The number of aliphatic hydroxyl groups excluding tert-OH is 1. The summed E-state index contributed by atoms with van der Waals surface area (Å²) in [6.07, 6.45) is 0. The Hall–Kier alpha value is -1.15. The van der Waals surface area contributed by atoms with Crippen molar-refractivity contribution in [2.75, 3.05) is 0 Å². The predicted octanol–water partition coefficient (Wildman–Crippen LogP) is -0.238. The van der Waals surface area contributed by atoms with Gasteiger partial charge in [-0.2, -0.15) is 0 Å². The van der Waals surface area contributed by atoms with Gasteiger partial charge in [0, 0.05) is 6.92 Å². The Morgan fingerprint density at radius 2 is 2.29 bits per heavy atom. The van der Waals surface area contributed by atoms with Crippen LogP contribution in [0.15, 0.2) is 0 Å². The summed E-state index contributed by atoms with van der Waals surface area (Å²) in [7, 11) is 0. The van der Waals surface area contributed by atoms with Crippen molar-refractivity contribution in [1.29, 1.82) is 0 Å². The maximum atomic E-state index is 9.83. The molecule has 0 aliphatic heterocycles. The van der Waals surface area contributed by atoms with Crippen molar-refractivity contribution < 1.29 is 14.7 Å². The molecule has 38 valence electrons. The van der Waals surface area contributed by atoms with Crippen LogP contribution in [0.4, 0.5) is 0 Å². The fourth-order valence-corrected chi connectivity index (χ4v) is 0.0704. The first-order valence-electron chi connectivity index (χ1n) is 1.60. The standard InChI is InChI=1S/C3H4N2O2/c1-2(6)3(7)5-4/h7H,1H3. The lowest BCUT2D eigenvalue weighted by Crippen LogP contribution is -2.08. The molecule has 4 nitrogen and oxygen atoms in total. The molecule has 0 amide bonds. The molecule has 7 heavy (non-hydrogen) atoms. The fourth-order valence-electron chi connectivity index (χ4n) is 0.0704. The van der Waals surface area contributed by atoms with Gasteiger partial charge in [-0.15, -0.1) is 4.79 Å². The minimum atomic E-state index is -0.861. The van der Waals surface area contributed by atoms with Crippen LogP contribution in [0.5, 0.6) is 0 Å². The molecule has 0 saturated heterocycles. The molecule has 0 aromatic carbocycles. The van der Waals surface area contributed by atoms with Gasteiger partial charge in [0.05, 0.1) is 0 Å². The number of rotatable bonds is 1. The van der Waals surface area contributed by atoms with Crippen molar-refractivity contribution in [1.82, 2.24) is 0 Å². The third-order valence-corrected chi connectivity index (χ3v) is 0.410. The van der Waals surface area contributed by atoms with Crippen molar-refractivity contribution >= 4 is 11.7 Å². The molecular formula is C3H4N2O2. The van der Waals surface area contributed by atoms with Crippen LogP contribution in [0, 0.1) is 0 Å². The number of carbonyl (C=O) groups excluding carboxylic acids is 1. The van der Waals surface area contributed by atoms with E-state index in [1.165, 1.54) is 0 Å². The van der Waals surface area contributed by atoms with Gasteiger partial charge in [0.1, 0.15) is 0 Å². The molecule has 4 heteroatoms. The lowest BCUT2D eigenvalue weighted by Gasteiger charge is -1.69. The molecule has 0 heterocycles. The summed E-state index contributed by atoms with van der Waals surface area (Å²) in [5.74, 6) is -1.51. The number of ketones is 1. The summed E-state index contributed by atoms with van der Waals surface area (Å²) in [5.41, 5.74) is 7.62. The van der Waals surface area contributed by atoms with E-state index in [-0.39, 0.29) is 0 Å². The van der Waals surface area contributed by atoms with Gasteiger partial charge >= 0.3 is 5.90 Å². The van der Waals surface area contributed by atoms with E-state index in [4.69, 9.17) is 10.6 Å². The van der Waals surface area contributed by atoms with E-state index in [0.717, 1.165) is 6.92 Å². The van der Waals surface area contributed by atoms with E-state index in [2.05, 4.69) is 4.79 Å². The molecule has 0 aromatic heterocycles. The normalized spacial score (nSPS) is 7.00. The molecule has 0 spiro atoms. The first kappa shape index (κ1) is 5.85. The van der Waals surface area contributed by atoms with Crippen LogP contribution in [0.25, 0.3) is 5.53 Å². The molecule has 0 unspecified atom stereocenters. The number of nitrogens with zero attached hydrogens (tertiary/aromatic N) is 2. The first-order chi connectivity index (χ1) is 3.18. The molecule has 1 N–H and O–H groups in total. The van der Waals surface area contributed by atoms with Crippen molar-refractivity contribution in [3.8, 4) is 0 Å². The average Bonchev–Trinajstić information content (AvgIpc) is 1.65. The summed E-state index contributed by atoms with van der Waals surface area (Å²) in [5, 5.41) is 8.09. The highest BCUT2D eigenvalue weighted by Gasteiger charge is 2.08. The Morgan fingerprint density at radius 3 is 2.29 bits per heavy atom. The van der Waals surface area contributed by atoms with Gasteiger partial charge in [-0.3, -0.25) is 4.79 Å². The van der Waals surface area contributed by atoms with E-state index in [0.29, 0.717) is 0 Å². The predicted molar refractivity (Wildman–Crippen MR) is 21.9 cm³/mol. The topological polar surface area (TPSA) is 73.7 Å². The molecule has 0 aromatic rings. The minimum absolute atomic E-state index is 0.650. The van der Waals surface area contributed by atoms with E-state index in [1.54, 1.807) is 0 Å². The molecule has 0 atom stereocenters. The van der Waals surface area contributed by atoms with Gasteiger partial charge in [-0.05, 0) is 0 Å². The lowest BCUT2D eigenvalue weighted by molar-refractivity contribution is -0.118. The largest absolute Gasteiger partial charge is 0.516 e. The molecular weight excluding hydrogens is 96.0 g/mol. The van der Waals surface area contributed by atoms with Crippen LogP contribution < -0.4 is 0 Å². The maximum absolute atomic E-state index is 9.83. The van der Waals surface area contributed by atoms with Gasteiger partial charge in [-0.25, -0.2) is 0 Å². The second kappa shape index (κ2) is 2.10. The number of Topliss-reactive ketones (excluding diaryl/α,β-unsaturated/α-hetero) is 1. The Morgan fingerprint density at radius 1 is 1.86 bits per heavy atom. The number of aliphatic hydroxyl groups is 1. The van der Waals surface area contributed by atoms with Gasteiger partial charge in [0.2, 0.25) is 0 Å². The quantitative estimate of drug-likeness (QED) is 0.214. The van der Waals surface area contributed by atoms with Crippen LogP contribution in [-0.2, 0) is 4.79 Å². The molecule has 0 aliphatic carbocycles. The smallest absolute Gasteiger partial charge is 0.445 e.